The summed E-state index contributed by atoms with van der Waals surface area (Å²) in [6.45, 7) is 2.76. The molecule has 5 nitrogen and oxygen atoms in total. The van der Waals surface area contributed by atoms with Gasteiger partial charge in [-0.15, -0.1) is 0 Å². The monoisotopic (exact) mass is 393 g/mol. The molecule has 0 radical (unpaired) electrons. The number of unbranched alkanes of at least 4 members (excludes halogenated alkanes) is 1. The van der Waals surface area contributed by atoms with E-state index in [0.29, 0.717) is 52.7 Å². The summed E-state index contributed by atoms with van der Waals surface area (Å²) in [5.74, 6) is -0.0361. The number of aromatic nitrogens is 1. The Kier molecular flexibility index (Phi) is 5.69. The van der Waals surface area contributed by atoms with Crippen molar-refractivity contribution < 1.29 is 9.15 Å². The summed E-state index contributed by atoms with van der Waals surface area (Å²) >= 11 is 11.9. The minimum Gasteiger partial charge on any atom is -0.493 e. The van der Waals surface area contributed by atoms with Crippen molar-refractivity contribution in [2.24, 2.45) is 0 Å². The van der Waals surface area contributed by atoms with Crippen LogP contribution in [0.4, 0.5) is 0 Å². The van der Waals surface area contributed by atoms with E-state index in [4.69, 9.17) is 32.4 Å². The Morgan fingerprint density at radius 2 is 1.81 bits per heavy atom. The van der Waals surface area contributed by atoms with Crippen LogP contribution in [0.3, 0.4) is 0 Å². The first-order valence-corrected chi connectivity index (χ1v) is 8.93. The van der Waals surface area contributed by atoms with Crippen LogP contribution in [0.15, 0.2) is 50.4 Å². The Morgan fingerprint density at radius 1 is 1.08 bits per heavy atom. The normalized spacial score (nSPS) is 11.0. The Hall–Kier alpha value is -2.24. The second kappa shape index (κ2) is 7.98. The number of fused-ring (bicyclic) bond motifs is 1. The van der Waals surface area contributed by atoms with Crippen LogP contribution in [0, 0.1) is 6.92 Å². The molecule has 0 aliphatic carbocycles. The predicted octanol–water partition coefficient (Wildman–Crippen LogP) is 4.43. The van der Waals surface area contributed by atoms with E-state index in [9.17, 15) is 9.59 Å². The molecule has 0 bridgehead atoms. The number of ether oxygens (including phenoxy) is 1. The maximum atomic E-state index is 12.1. The minimum atomic E-state index is -0.639. The fourth-order valence-corrected chi connectivity index (χ4v) is 3.35. The second-order valence-electron chi connectivity index (χ2n) is 5.94. The van der Waals surface area contributed by atoms with Crippen molar-refractivity contribution in [3.63, 3.8) is 0 Å². The molecule has 3 rings (SSSR count). The van der Waals surface area contributed by atoms with Gasteiger partial charge in [0.1, 0.15) is 5.75 Å². The Morgan fingerprint density at radius 3 is 2.54 bits per heavy atom. The van der Waals surface area contributed by atoms with Crippen LogP contribution in [0.5, 0.6) is 5.75 Å². The van der Waals surface area contributed by atoms with Gasteiger partial charge in [-0.05, 0) is 49.6 Å². The fraction of sp³-hybridized carbons (Fsp3) is 0.263. The number of rotatable bonds is 6. The highest BCUT2D eigenvalue weighted by Crippen LogP contribution is 2.24. The van der Waals surface area contributed by atoms with Gasteiger partial charge in [-0.2, -0.15) is 0 Å². The molecule has 0 amide bonds. The number of aryl methyl sites for hydroxylation is 2. The first-order valence-electron chi connectivity index (χ1n) is 8.18. The third-order valence-corrected chi connectivity index (χ3v) is 4.45. The molecule has 0 spiro atoms. The van der Waals surface area contributed by atoms with E-state index >= 15 is 0 Å². The highest BCUT2D eigenvalue weighted by molar-refractivity contribution is 6.34. The lowest BCUT2D eigenvalue weighted by Crippen LogP contribution is -2.25. The summed E-state index contributed by atoms with van der Waals surface area (Å²) in [6, 6.07) is 10.3. The number of benzene rings is 2. The van der Waals surface area contributed by atoms with Gasteiger partial charge in [0.25, 0.3) is 0 Å². The average Bonchev–Trinajstić information content (AvgIpc) is 2.56. The van der Waals surface area contributed by atoms with Gasteiger partial charge in [0, 0.05) is 16.6 Å². The molecule has 136 valence electrons. The first-order chi connectivity index (χ1) is 12.5. The number of nitrogens with zero attached hydrogens (tertiary/aromatic N) is 1. The van der Waals surface area contributed by atoms with Gasteiger partial charge >= 0.3 is 11.4 Å². The van der Waals surface area contributed by atoms with Crippen molar-refractivity contribution in [1.29, 1.82) is 0 Å². The van der Waals surface area contributed by atoms with Crippen molar-refractivity contribution in [1.82, 2.24) is 4.57 Å². The van der Waals surface area contributed by atoms with E-state index in [1.165, 1.54) is 4.57 Å². The van der Waals surface area contributed by atoms with Crippen LogP contribution in [-0.4, -0.2) is 11.2 Å². The van der Waals surface area contributed by atoms with Crippen molar-refractivity contribution in [2.75, 3.05) is 6.61 Å². The van der Waals surface area contributed by atoms with Crippen LogP contribution >= 0.6 is 23.2 Å². The maximum absolute atomic E-state index is 12.1. The van der Waals surface area contributed by atoms with E-state index in [1.54, 1.807) is 30.3 Å². The Labute approximate surface area is 159 Å². The minimum absolute atomic E-state index is 0.411. The van der Waals surface area contributed by atoms with Crippen LogP contribution in [0.1, 0.15) is 18.4 Å². The van der Waals surface area contributed by atoms with Gasteiger partial charge in [-0.25, -0.2) is 9.59 Å². The largest absolute Gasteiger partial charge is 0.493 e. The lowest BCUT2D eigenvalue weighted by molar-refractivity contribution is 0.301. The maximum Gasteiger partial charge on any atom is 0.422 e. The third kappa shape index (κ3) is 4.11. The van der Waals surface area contributed by atoms with Gasteiger partial charge in [0.2, 0.25) is 0 Å². The number of para-hydroxylation sites is 1. The summed E-state index contributed by atoms with van der Waals surface area (Å²) in [6.07, 6.45) is 1.40. The fourth-order valence-electron chi connectivity index (χ4n) is 2.84. The van der Waals surface area contributed by atoms with Gasteiger partial charge in [-0.3, -0.25) is 4.57 Å². The molecule has 0 fully saturated rings. The smallest absolute Gasteiger partial charge is 0.422 e. The van der Waals surface area contributed by atoms with Crippen LogP contribution < -0.4 is 16.1 Å². The molecule has 0 aliphatic heterocycles. The van der Waals surface area contributed by atoms with E-state index in [-0.39, 0.29) is 0 Å². The molecule has 0 atom stereocenters. The number of halogens is 2. The van der Waals surface area contributed by atoms with E-state index < -0.39 is 11.4 Å². The van der Waals surface area contributed by atoms with Crippen LogP contribution in [0.25, 0.3) is 10.9 Å². The SMILES string of the molecule is Cc1cccc2c(=O)oc(=O)n(CCCCOc3cc(Cl)cc(Cl)c3)c12. The standard InChI is InChI=1S/C19H17Cl2NO4/c1-12-5-4-6-16-17(12)22(19(24)26-18(16)23)7-2-3-8-25-15-10-13(20)9-14(21)11-15/h4-6,9-11H,2-3,7-8H2,1H3. The Balaban J connectivity index is 1.67. The zero-order valence-corrected chi connectivity index (χ0v) is 15.6. The second-order valence-corrected chi connectivity index (χ2v) is 6.81. The van der Waals surface area contributed by atoms with Gasteiger partial charge in [0.05, 0.1) is 17.5 Å². The Bertz CT molecular complexity index is 1040. The molecule has 1 aromatic heterocycles. The molecular weight excluding hydrogens is 377 g/mol. The highest BCUT2D eigenvalue weighted by Gasteiger charge is 2.11. The third-order valence-electron chi connectivity index (χ3n) is 4.01. The summed E-state index contributed by atoms with van der Waals surface area (Å²) in [5.41, 5.74) is 0.875. The van der Waals surface area contributed by atoms with Crippen molar-refractivity contribution >= 4 is 34.1 Å². The number of hydrogen-bond donors (Lipinski definition) is 0. The lowest BCUT2D eigenvalue weighted by Gasteiger charge is -2.11. The van der Waals surface area contributed by atoms with Crippen LogP contribution in [0.2, 0.25) is 10.0 Å². The van der Waals surface area contributed by atoms with Crippen molar-refractivity contribution in [3.05, 3.63) is 73.0 Å². The summed E-state index contributed by atoms with van der Waals surface area (Å²) in [7, 11) is 0. The molecule has 7 heteroatoms. The molecule has 0 unspecified atom stereocenters. The summed E-state index contributed by atoms with van der Waals surface area (Å²) in [4.78, 5) is 24.0. The van der Waals surface area contributed by atoms with Gasteiger partial charge in [-0.1, -0.05) is 35.3 Å². The molecule has 2 aromatic carbocycles. The van der Waals surface area contributed by atoms with Crippen LogP contribution in [-0.2, 0) is 6.54 Å². The molecule has 0 saturated heterocycles. The average molecular weight is 394 g/mol. The number of hydrogen-bond acceptors (Lipinski definition) is 4. The highest BCUT2D eigenvalue weighted by atomic mass is 35.5. The van der Waals surface area contributed by atoms with Gasteiger partial charge < -0.3 is 9.15 Å². The topological polar surface area (TPSA) is 61.4 Å². The van der Waals surface area contributed by atoms with E-state index in [0.717, 1.165) is 5.56 Å². The molecule has 0 saturated carbocycles. The lowest BCUT2D eigenvalue weighted by atomic mass is 10.1. The quantitative estimate of drug-likeness (QED) is 0.581. The van der Waals surface area contributed by atoms with E-state index in [1.807, 2.05) is 13.0 Å². The predicted molar refractivity (Wildman–Crippen MR) is 103 cm³/mol. The molecular formula is C19H17Cl2NO4. The molecule has 0 aliphatic rings. The molecule has 3 aromatic rings. The van der Waals surface area contributed by atoms with Crippen molar-refractivity contribution in [2.45, 2.75) is 26.3 Å². The molecule has 1 heterocycles. The molecule has 0 N–H and O–H groups in total. The molecule has 26 heavy (non-hydrogen) atoms. The van der Waals surface area contributed by atoms with E-state index in [2.05, 4.69) is 0 Å². The summed E-state index contributed by atoms with van der Waals surface area (Å²) in [5, 5.41) is 1.44. The zero-order chi connectivity index (χ0) is 18.7. The zero-order valence-electron chi connectivity index (χ0n) is 14.1. The first kappa shape index (κ1) is 18.5. The van der Waals surface area contributed by atoms with Crippen molar-refractivity contribution in [3.8, 4) is 5.75 Å². The summed E-state index contributed by atoms with van der Waals surface area (Å²) < 4.78 is 12.0. The van der Waals surface area contributed by atoms with Gasteiger partial charge in [0.15, 0.2) is 0 Å².